The van der Waals surface area contributed by atoms with Crippen LogP contribution in [0.1, 0.15) is 79.4 Å². The van der Waals surface area contributed by atoms with Crippen LogP contribution in [0.25, 0.3) is 0 Å². The lowest BCUT2D eigenvalue weighted by Crippen LogP contribution is -2.30. The van der Waals surface area contributed by atoms with Crippen molar-refractivity contribution < 1.29 is 22.7 Å². The fourth-order valence-corrected chi connectivity index (χ4v) is 5.63. The number of carboxylic acids is 1. The molecule has 0 heterocycles. The van der Waals surface area contributed by atoms with Crippen molar-refractivity contribution in [2.45, 2.75) is 69.1 Å². The number of aryl methyl sites for hydroxylation is 1. The van der Waals surface area contributed by atoms with Gasteiger partial charge in [-0.25, -0.2) is 17.6 Å². The van der Waals surface area contributed by atoms with E-state index in [4.69, 9.17) is 0 Å². The molecule has 0 aliphatic rings. The number of halogens is 1. The van der Waals surface area contributed by atoms with Gasteiger partial charge in [0.15, 0.2) is 9.84 Å². The van der Waals surface area contributed by atoms with Crippen molar-refractivity contribution in [3.05, 3.63) is 94.8 Å². The summed E-state index contributed by atoms with van der Waals surface area (Å²) in [6.45, 7) is 4.19. The standard InChI is InChI=1S/C31H34FNO4S/c1-3-5-7-9-30(33-26-18-21-29(32)28(22-26)31(34)35)38(36,37)27-19-16-25(17-20-27)15-14-24-12-10-23(11-13-24)8-6-4-2/h10-13,16-22,30,33H,3-9H2,1-2H3,(H,34,35). The quantitative estimate of drug-likeness (QED) is 0.192. The zero-order chi connectivity index (χ0) is 27.5. The number of benzene rings is 3. The zero-order valence-corrected chi connectivity index (χ0v) is 22.7. The summed E-state index contributed by atoms with van der Waals surface area (Å²) in [5.74, 6) is 3.91. The zero-order valence-electron chi connectivity index (χ0n) is 21.8. The molecule has 0 bridgehead atoms. The van der Waals surface area contributed by atoms with E-state index >= 15 is 0 Å². The van der Waals surface area contributed by atoms with Crippen LogP contribution >= 0.6 is 0 Å². The highest BCUT2D eigenvalue weighted by Crippen LogP contribution is 2.24. The van der Waals surface area contributed by atoms with E-state index < -0.39 is 32.6 Å². The Labute approximate surface area is 225 Å². The summed E-state index contributed by atoms with van der Waals surface area (Å²) in [5, 5.41) is 11.2. The molecule has 0 aromatic heterocycles. The predicted molar refractivity (Wildman–Crippen MR) is 150 cm³/mol. The molecule has 3 rings (SSSR count). The van der Waals surface area contributed by atoms with Crippen molar-refractivity contribution in [3.63, 3.8) is 0 Å². The van der Waals surface area contributed by atoms with Gasteiger partial charge in [0.25, 0.3) is 0 Å². The molecular formula is C31H34FNO4S. The minimum absolute atomic E-state index is 0.137. The van der Waals surface area contributed by atoms with Gasteiger partial charge in [0.2, 0.25) is 0 Å². The molecule has 0 spiro atoms. The lowest BCUT2D eigenvalue weighted by molar-refractivity contribution is 0.0692. The van der Waals surface area contributed by atoms with Crippen LogP contribution in [-0.2, 0) is 16.3 Å². The molecule has 3 aromatic rings. The number of sulfone groups is 1. The highest BCUT2D eigenvalue weighted by Gasteiger charge is 2.27. The molecule has 0 radical (unpaired) electrons. The molecule has 0 aliphatic carbocycles. The summed E-state index contributed by atoms with van der Waals surface area (Å²) in [6, 6.07) is 18.1. The molecule has 0 saturated heterocycles. The summed E-state index contributed by atoms with van der Waals surface area (Å²) in [5.41, 5.74) is 2.59. The maximum Gasteiger partial charge on any atom is 0.338 e. The van der Waals surface area contributed by atoms with Gasteiger partial charge in [-0.05, 0) is 79.4 Å². The Morgan fingerprint density at radius 1 is 0.895 bits per heavy atom. The first kappa shape index (κ1) is 28.9. The summed E-state index contributed by atoms with van der Waals surface area (Å²) >= 11 is 0. The monoisotopic (exact) mass is 535 g/mol. The van der Waals surface area contributed by atoms with Gasteiger partial charge in [0.05, 0.1) is 10.5 Å². The molecule has 1 atom stereocenters. The third-order valence-corrected chi connectivity index (χ3v) is 8.31. The SMILES string of the molecule is CCCCCC(Nc1ccc(F)c(C(=O)O)c1)S(=O)(=O)c1ccc(C#Cc2ccc(CCCC)cc2)cc1. The predicted octanol–water partition coefficient (Wildman–Crippen LogP) is 7.06. The number of hydrogen-bond acceptors (Lipinski definition) is 4. The second-order valence-corrected chi connectivity index (χ2v) is 11.4. The molecule has 0 amide bonds. The van der Waals surface area contributed by atoms with Gasteiger partial charge in [-0.1, -0.05) is 63.5 Å². The smallest absolute Gasteiger partial charge is 0.338 e. The van der Waals surface area contributed by atoms with Crippen molar-refractivity contribution in [2.75, 3.05) is 5.32 Å². The molecule has 2 N–H and O–H groups in total. The summed E-state index contributed by atoms with van der Waals surface area (Å²) in [6.07, 6.45) is 6.12. The molecule has 5 nitrogen and oxygen atoms in total. The van der Waals surface area contributed by atoms with Gasteiger partial charge in [0.1, 0.15) is 11.2 Å². The van der Waals surface area contributed by atoms with Gasteiger partial charge < -0.3 is 10.4 Å². The summed E-state index contributed by atoms with van der Waals surface area (Å²) in [4.78, 5) is 11.5. The molecule has 0 saturated carbocycles. The highest BCUT2D eigenvalue weighted by atomic mass is 32.2. The maximum absolute atomic E-state index is 13.8. The van der Waals surface area contributed by atoms with Gasteiger partial charge >= 0.3 is 5.97 Å². The van der Waals surface area contributed by atoms with E-state index in [1.54, 1.807) is 12.1 Å². The van der Waals surface area contributed by atoms with E-state index in [0.717, 1.165) is 49.8 Å². The Morgan fingerprint density at radius 3 is 2.08 bits per heavy atom. The molecular weight excluding hydrogens is 501 g/mol. The lowest BCUT2D eigenvalue weighted by atomic mass is 10.1. The van der Waals surface area contributed by atoms with E-state index in [1.807, 2.05) is 19.1 Å². The van der Waals surface area contributed by atoms with Crippen molar-refractivity contribution in [1.29, 1.82) is 0 Å². The van der Waals surface area contributed by atoms with E-state index in [9.17, 15) is 22.7 Å². The largest absolute Gasteiger partial charge is 0.478 e. The molecule has 200 valence electrons. The van der Waals surface area contributed by atoms with Gasteiger partial charge in [0, 0.05) is 16.8 Å². The first-order valence-electron chi connectivity index (χ1n) is 13.0. The van der Waals surface area contributed by atoms with Gasteiger partial charge in [-0.3, -0.25) is 0 Å². The van der Waals surface area contributed by atoms with E-state index in [-0.39, 0.29) is 10.6 Å². The topological polar surface area (TPSA) is 83.5 Å². The number of carboxylic acid groups (broad SMARTS) is 1. The average Bonchev–Trinajstić information content (AvgIpc) is 2.91. The first-order chi connectivity index (χ1) is 18.2. The van der Waals surface area contributed by atoms with Crippen LogP contribution in [0.15, 0.2) is 71.6 Å². The van der Waals surface area contributed by atoms with E-state index in [2.05, 4.69) is 36.2 Å². The number of carbonyl (C=O) groups is 1. The van der Waals surface area contributed by atoms with Crippen molar-refractivity contribution in [2.24, 2.45) is 0 Å². The second-order valence-electron chi connectivity index (χ2n) is 9.25. The van der Waals surface area contributed by atoms with E-state index in [0.29, 0.717) is 18.4 Å². The minimum atomic E-state index is -3.82. The van der Waals surface area contributed by atoms with Crippen LogP contribution in [-0.4, -0.2) is 24.9 Å². The number of aromatic carboxylic acids is 1. The average molecular weight is 536 g/mol. The Balaban J connectivity index is 1.79. The Kier molecular flexibility index (Phi) is 10.5. The number of anilines is 1. The second kappa shape index (κ2) is 13.8. The normalized spacial score (nSPS) is 11.9. The van der Waals surface area contributed by atoms with Gasteiger partial charge in [-0.15, -0.1) is 0 Å². The van der Waals surface area contributed by atoms with Crippen LogP contribution in [0.3, 0.4) is 0 Å². The molecule has 0 fully saturated rings. The maximum atomic E-state index is 13.8. The number of hydrogen-bond donors (Lipinski definition) is 2. The lowest BCUT2D eigenvalue weighted by Gasteiger charge is -2.21. The number of unbranched alkanes of at least 4 members (excludes halogenated alkanes) is 3. The Hall–Kier alpha value is -3.63. The fraction of sp³-hybridized carbons (Fsp3) is 0.323. The molecule has 38 heavy (non-hydrogen) atoms. The molecule has 1 unspecified atom stereocenters. The van der Waals surface area contributed by atoms with E-state index in [1.165, 1.54) is 23.8 Å². The Bertz CT molecular complexity index is 1390. The van der Waals surface area contributed by atoms with Crippen LogP contribution in [0.4, 0.5) is 10.1 Å². The van der Waals surface area contributed by atoms with Crippen molar-refractivity contribution in [3.8, 4) is 11.8 Å². The van der Waals surface area contributed by atoms with Crippen LogP contribution < -0.4 is 5.32 Å². The number of rotatable bonds is 12. The summed E-state index contributed by atoms with van der Waals surface area (Å²) < 4.78 is 40.9. The van der Waals surface area contributed by atoms with Crippen LogP contribution in [0.5, 0.6) is 0 Å². The number of nitrogens with one attached hydrogen (secondary N) is 1. The minimum Gasteiger partial charge on any atom is -0.478 e. The highest BCUT2D eigenvalue weighted by molar-refractivity contribution is 7.92. The first-order valence-corrected chi connectivity index (χ1v) is 14.5. The third-order valence-electron chi connectivity index (χ3n) is 6.28. The van der Waals surface area contributed by atoms with Gasteiger partial charge in [-0.2, -0.15) is 0 Å². The molecule has 7 heteroatoms. The Morgan fingerprint density at radius 2 is 1.50 bits per heavy atom. The summed E-state index contributed by atoms with van der Waals surface area (Å²) in [7, 11) is -3.82. The molecule has 0 aliphatic heterocycles. The third kappa shape index (κ3) is 7.93. The molecule has 3 aromatic carbocycles. The van der Waals surface area contributed by atoms with Crippen molar-refractivity contribution >= 4 is 21.5 Å². The van der Waals surface area contributed by atoms with Crippen LogP contribution in [0, 0.1) is 17.7 Å². The van der Waals surface area contributed by atoms with Crippen molar-refractivity contribution in [1.82, 2.24) is 0 Å². The van der Waals surface area contributed by atoms with Crippen LogP contribution in [0.2, 0.25) is 0 Å². The fourth-order valence-electron chi connectivity index (χ4n) is 4.02.